The molecule has 1 aliphatic heterocycles. The fourth-order valence-electron chi connectivity index (χ4n) is 2.58. The minimum Gasteiger partial charge on any atom is -0.469 e. The number of nitrogens with zero attached hydrogens (tertiary/aromatic N) is 5. The number of aromatic nitrogens is 5. The molecule has 0 spiro atoms. The third-order valence-corrected chi connectivity index (χ3v) is 4.02. The lowest BCUT2D eigenvalue weighted by molar-refractivity contribution is 0.277. The maximum absolute atomic E-state index is 5.80. The van der Waals surface area contributed by atoms with Gasteiger partial charge in [-0.05, 0) is 38.9 Å². The average molecular weight is 320 g/mol. The molecule has 118 valence electrons. The Balaban J connectivity index is 1.75. The van der Waals surface area contributed by atoms with E-state index in [2.05, 4.69) is 25.1 Å². The molecule has 1 fully saturated rings. The molecule has 3 heterocycles. The fraction of sp³-hybridized carbons (Fsp3) is 0.571. The van der Waals surface area contributed by atoms with Gasteiger partial charge in [0.25, 0.3) is 0 Å². The Morgan fingerprint density at radius 3 is 2.82 bits per heavy atom. The van der Waals surface area contributed by atoms with Crippen molar-refractivity contribution in [1.29, 1.82) is 0 Å². The summed E-state index contributed by atoms with van der Waals surface area (Å²) in [5, 5.41) is 6.98. The van der Waals surface area contributed by atoms with E-state index in [4.69, 9.17) is 17.0 Å². The van der Waals surface area contributed by atoms with Crippen molar-refractivity contribution < 1.29 is 4.74 Å². The number of ether oxygens (including phenoxy) is 1. The topological polar surface area (TPSA) is 71.9 Å². The maximum atomic E-state index is 5.80. The molecule has 1 N–H and O–H groups in total. The van der Waals surface area contributed by atoms with Gasteiger partial charge in [-0.1, -0.05) is 0 Å². The van der Waals surface area contributed by atoms with Crippen LogP contribution in [0.15, 0.2) is 6.07 Å². The number of anilines is 1. The highest BCUT2D eigenvalue weighted by Gasteiger charge is 2.16. The van der Waals surface area contributed by atoms with Crippen molar-refractivity contribution >= 4 is 18.2 Å². The molecule has 22 heavy (non-hydrogen) atoms. The number of hydrogen-bond acceptors (Lipinski definition) is 6. The highest BCUT2D eigenvalue weighted by atomic mass is 32.1. The highest BCUT2D eigenvalue weighted by molar-refractivity contribution is 7.71. The van der Waals surface area contributed by atoms with Gasteiger partial charge in [0.05, 0.1) is 0 Å². The van der Waals surface area contributed by atoms with Crippen LogP contribution in [0, 0.1) is 11.7 Å². The van der Waals surface area contributed by atoms with Gasteiger partial charge < -0.3 is 14.2 Å². The number of nitrogens with one attached hydrogen (secondary N) is 1. The molecule has 2 aromatic heterocycles. The van der Waals surface area contributed by atoms with Crippen molar-refractivity contribution in [3.05, 3.63) is 22.4 Å². The minimum absolute atomic E-state index is 0.330. The quantitative estimate of drug-likeness (QED) is 0.852. The van der Waals surface area contributed by atoms with Crippen molar-refractivity contribution in [3.63, 3.8) is 0 Å². The molecule has 0 aliphatic carbocycles. The molecular formula is C14H20N6OS. The number of aromatic amines is 1. The van der Waals surface area contributed by atoms with E-state index in [9.17, 15) is 0 Å². The average Bonchev–Trinajstić information content (AvgIpc) is 3.14. The molecule has 0 radical (unpaired) electrons. The van der Waals surface area contributed by atoms with Crippen LogP contribution in [0.2, 0.25) is 0 Å². The third-order valence-electron chi connectivity index (χ3n) is 3.71. The molecule has 3 rings (SSSR count). The van der Waals surface area contributed by atoms with E-state index >= 15 is 0 Å². The Kier molecular flexibility index (Phi) is 4.37. The number of H-pyrrole nitrogens is 1. The summed E-state index contributed by atoms with van der Waals surface area (Å²) >= 11 is 5.17. The molecular weight excluding hydrogens is 300 g/mol. The van der Waals surface area contributed by atoms with Crippen LogP contribution in [-0.4, -0.2) is 37.8 Å². The Morgan fingerprint density at radius 1 is 1.32 bits per heavy atom. The molecule has 0 bridgehead atoms. The lowest BCUT2D eigenvalue weighted by Crippen LogP contribution is -2.21. The van der Waals surface area contributed by atoms with Gasteiger partial charge in [-0.3, -0.25) is 5.10 Å². The van der Waals surface area contributed by atoms with E-state index < -0.39 is 0 Å². The van der Waals surface area contributed by atoms with E-state index in [1.54, 1.807) is 0 Å². The summed E-state index contributed by atoms with van der Waals surface area (Å²) in [6.07, 6.45) is 2.39. The smallest absolute Gasteiger partial charge is 0.228 e. The molecule has 1 saturated heterocycles. The van der Waals surface area contributed by atoms with Crippen LogP contribution < -0.4 is 9.64 Å². The first-order valence-electron chi connectivity index (χ1n) is 7.55. The van der Waals surface area contributed by atoms with Crippen LogP contribution in [0.25, 0.3) is 0 Å². The zero-order valence-corrected chi connectivity index (χ0v) is 13.7. The van der Waals surface area contributed by atoms with Gasteiger partial charge in [-0.25, -0.2) is 4.98 Å². The lowest BCUT2D eigenvalue weighted by Gasteiger charge is -2.16. The Morgan fingerprint density at radius 2 is 2.09 bits per heavy atom. The van der Waals surface area contributed by atoms with Crippen LogP contribution in [-0.2, 0) is 13.2 Å². The first-order chi connectivity index (χ1) is 10.7. The van der Waals surface area contributed by atoms with E-state index in [-0.39, 0.29) is 0 Å². The van der Waals surface area contributed by atoms with Crippen LogP contribution in [0.5, 0.6) is 5.88 Å². The van der Waals surface area contributed by atoms with Crippen molar-refractivity contribution in [1.82, 2.24) is 24.7 Å². The van der Waals surface area contributed by atoms with Crippen LogP contribution in [0.3, 0.4) is 0 Å². The summed E-state index contributed by atoms with van der Waals surface area (Å²) in [6, 6.07) is 1.84. The summed E-state index contributed by atoms with van der Waals surface area (Å²) < 4.78 is 8.32. The zero-order chi connectivity index (χ0) is 15.5. The fourth-order valence-corrected chi connectivity index (χ4v) is 2.86. The van der Waals surface area contributed by atoms with Gasteiger partial charge in [0.2, 0.25) is 11.8 Å². The predicted octanol–water partition coefficient (Wildman–Crippen LogP) is 2.24. The predicted molar refractivity (Wildman–Crippen MR) is 85.6 cm³/mol. The standard InChI is InChI=1S/C14H20N6OS/c1-3-20-11(17-18-14(20)22)9-21-12-8-10(2)15-13(16-12)19-6-4-5-7-19/h8H,3-7,9H2,1-2H3,(H,18,22). The van der Waals surface area contributed by atoms with Crippen molar-refractivity contribution in [3.8, 4) is 5.88 Å². The first-order valence-corrected chi connectivity index (χ1v) is 7.95. The van der Waals surface area contributed by atoms with Gasteiger partial charge in [0.15, 0.2) is 10.6 Å². The summed E-state index contributed by atoms with van der Waals surface area (Å²) in [5.41, 5.74) is 0.904. The second-order valence-corrected chi connectivity index (χ2v) is 5.71. The van der Waals surface area contributed by atoms with E-state index in [1.807, 2.05) is 24.5 Å². The third kappa shape index (κ3) is 3.11. The molecule has 2 aromatic rings. The van der Waals surface area contributed by atoms with Crippen LogP contribution in [0.4, 0.5) is 5.95 Å². The Labute approximate surface area is 134 Å². The van der Waals surface area contributed by atoms with E-state index in [0.717, 1.165) is 37.1 Å². The Bertz CT molecular complexity index is 704. The second-order valence-electron chi connectivity index (χ2n) is 5.32. The molecule has 0 unspecified atom stereocenters. The number of hydrogen-bond donors (Lipinski definition) is 1. The van der Waals surface area contributed by atoms with Crippen LogP contribution >= 0.6 is 12.2 Å². The van der Waals surface area contributed by atoms with Crippen LogP contribution in [0.1, 0.15) is 31.3 Å². The van der Waals surface area contributed by atoms with Crippen molar-refractivity contribution in [2.24, 2.45) is 0 Å². The van der Waals surface area contributed by atoms with E-state index in [0.29, 0.717) is 17.3 Å². The molecule has 0 atom stereocenters. The molecule has 0 saturated carbocycles. The van der Waals surface area contributed by atoms with Crippen molar-refractivity contribution in [2.45, 2.75) is 39.8 Å². The van der Waals surface area contributed by atoms with Gasteiger partial charge in [-0.2, -0.15) is 10.1 Å². The maximum Gasteiger partial charge on any atom is 0.228 e. The van der Waals surface area contributed by atoms with Gasteiger partial charge in [0.1, 0.15) is 6.61 Å². The lowest BCUT2D eigenvalue weighted by atomic mass is 10.4. The largest absolute Gasteiger partial charge is 0.469 e. The molecule has 1 aliphatic rings. The molecule has 0 aromatic carbocycles. The van der Waals surface area contributed by atoms with Gasteiger partial charge in [0, 0.05) is 31.4 Å². The van der Waals surface area contributed by atoms with Gasteiger partial charge in [-0.15, -0.1) is 0 Å². The Hall–Kier alpha value is -1.96. The monoisotopic (exact) mass is 320 g/mol. The van der Waals surface area contributed by atoms with Crippen molar-refractivity contribution in [2.75, 3.05) is 18.0 Å². The molecule has 0 amide bonds. The summed E-state index contributed by atoms with van der Waals surface area (Å²) in [5.74, 6) is 2.10. The summed E-state index contributed by atoms with van der Waals surface area (Å²) in [4.78, 5) is 11.2. The van der Waals surface area contributed by atoms with Gasteiger partial charge >= 0.3 is 0 Å². The SMILES string of the molecule is CCn1c(COc2cc(C)nc(N3CCCC3)n2)n[nH]c1=S. The minimum atomic E-state index is 0.330. The molecule has 7 nitrogen and oxygen atoms in total. The molecule has 8 heteroatoms. The highest BCUT2D eigenvalue weighted by Crippen LogP contribution is 2.20. The number of aryl methyl sites for hydroxylation is 1. The normalized spacial score (nSPS) is 14.5. The zero-order valence-electron chi connectivity index (χ0n) is 12.9. The number of rotatable bonds is 5. The van der Waals surface area contributed by atoms with E-state index in [1.165, 1.54) is 12.8 Å². The summed E-state index contributed by atoms with van der Waals surface area (Å²) in [7, 11) is 0. The first kappa shape index (κ1) is 15.0. The summed E-state index contributed by atoms with van der Waals surface area (Å²) in [6.45, 7) is 7.09. The second kappa shape index (κ2) is 6.43.